The van der Waals surface area contributed by atoms with Gasteiger partial charge in [-0.1, -0.05) is 34.3 Å². The Bertz CT molecular complexity index is 4110. The van der Waals surface area contributed by atoms with Crippen LogP contribution in [0.3, 0.4) is 0 Å². The Kier molecular flexibility index (Phi) is 14.2. The van der Waals surface area contributed by atoms with Crippen LogP contribution in [0.1, 0.15) is 81.3 Å². The largest absolute Gasteiger partial charge is 0.507 e. The highest BCUT2D eigenvalue weighted by Gasteiger charge is 2.39. The number of benzene rings is 4. The number of hydrogen-bond donors (Lipinski definition) is 2. The summed E-state index contributed by atoms with van der Waals surface area (Å²) in [5.41, 5.74) is 0.155. The van der Waals surface area contributed by atoms with E-state index in [0.29, 0.717) is 47.2 Å². The van der Waals surface area contributed by atoms with Crippen molar-refractivity contribution in [3.8, 4) is 56.6 Å². The number of hydrogen-bond acceptors (Lipinski definition) is 13. The molecule has 82 heavy (non-hydrogen) atoms. The molecule has 4 aromatic carbocycles. The van der Waals surface area contributed by atoms with Crippen LogP contribution in [0, 0.1) is 48.8 Å². The van der Waals surface area contributed by atoms with Gasteiger partial charge >= 0.3 is 11.4 Å². The molecule has 16 nitrogen and oxygen atoms in total. The maximum atomic E-state index is 16.5. The molecule has 22 heteroatoms. The molecular formula is C60H55F6N9O7. The lowest BCUT2D eigenvalue weighted by atomic mass is 9.98. The minimum atomic E-state index is -1.46. The molecule has 4 aromatic heterocycles. The second-order valence-corrected chi connectivity index (χ2v) is 21.4. The fourth-order valence-electron chi connectivity index (χ4n) is 11.7. The number of fused-ring (bicyclic) bond motifs is 4. The van der Waals surface area contributed by atoms with E-state index >= 15 is 17.6 Å². The summed E-state index contributed by atoms with van der Waals surface area (Å²) in [6.45, 7) is 16.2. The first kappa shape index (κ1) is 55.0. The molecule has 424 valence electrons. The van der Waals surface area contributed by atoms with Crippen molar-refractivity contribution in [2.45, 2.75) is 84.7 Å². The van der Waals surface area contributed by atoms with E-state index in [1.807, 2.05) is 39.5 Å². The summed E-state index contributed by atoms with van der Waals surface area (Å²) in [6, 6.07) is 8.69. The number of carbonyl (C=O) groups is 1. The van der Waals surface area contributed by atoms with Crippen molar-refractivity contribution in [3.05, 3.63) is 152 Å². The highest BCUT2D eigenvalue weighted by Crippen LogP contribution is 2.48. The Labute approximate surface area is 465 Å². The van der Waals surface area contributed by atoms with E-state index in [2.05, 4.69) is 26.5 Å². The number of carbonyl (C=O) groups excluding carboxylic acids is 1. The zero-order chi connectivity index (χ0) is 58.3. The summed E-state index contributed by atoms with van der Waals surface area (Å²) in [7, 11) is 0. The van der Waals surface area contributed by atoms with Crippen molar-refractivity contribution in [3.63, 3.8) is 0 Å². The van der Waals surface area contributed by atoms with Crippen LogP contribution in [-0.4, -0.2) is 102 Å². The number of pyridine rings is 2. The fraction of sp³-hybridized carbons (Fsp3) is 0.317. The quantitative estimate of drug-likeness (QED) is 0.114. The van der Waals surface area contributed by atoms with Crippen LogP contribution in [0.2, 0.25) is 0 Å². The summed E-state index contributed by atoms with van der Waals surface area (Å²) in [6.07, 6.45) is 7.06. The molecule has 4 aliphatic rings. The van der Waals surface area contributed by atoms with E-state index in [0.717, 1.165) is 49.1 Å². The number of rotatable bonds is 7. The lowest BCUT2D eigenvalue weighted by Crippen LogP contribution is -2.56. The smallest absolute Gasteiger partial charge is 0.354 e. The predicted octanol–water partition coefficient (Wildman–Crippen LogP) is 10.4. The maximum Gasteiger partial charge on any atom is 0.354 e. The van der Waals surface area contributed by atoms with E-state index in [-0.39, 0.29) is 89.2 Å². The third-order valence-corrected chi connectivity index (χ3v) is 15.6. The molecular weight excluding hydrogens is 1070 g/mol. The number of aromatic hydroxyl groups is 2. The number of piperidine rings is 1. The van der Waals surface area contributed by atoms with Gasteiger partial charge in [0.15, 0.2) is 46.4 Å². The third-order valence-electron chi connectivity index (χ3n) is 15.6. The number of nitrogens with zero attached hydrogens (tertiary/aromatic N) is 9. The summed E-state index contributed by atoms with van der Waals surface area (Å²) in [5, 5.41) is 21.5. The van der Waals surface area contributed by atoms with Crippen LogP contribution in [0.25, 0.3) is 55.4 Å². The number of amides is 1. The SMILES string of the molecule is C=CC(=O)N1CCN2c3nc(=O)n(-c4c(C)ccnc4C(C)C)c4cc(-c5c(O)ccc(F)c5F)c(F)c(c34)OC[C@H]2C1.Cc1ccnc(C(C)C)c1-n1c(=O)nc2c3c(c(F)c(-c4c(O)ccc(F)c4F)cc31)OC[C@H]1CCCCN21. The van der Waals surface area contributed by atoms with E-state index in [1.54, 1.807) is 41.2 Å². The molecule has 0 spiro atoms. The van der Waals surface area contributed by atoms with Crippen molar-refractivity contribution < 1.29 is 50.8 Å². The average Bonchev–Trinajstić information content (AvgIpc) is 2.58. The predicted molar refractivity (Wildman–Crippen MR) is 296 cm³/mol. The molecule has 8 aromatic rings. The van der Waals surface area contributed by atoms with Gasteiger partial charge in [0.1, 0.15) is 36.3 Å². The van der Waals surface area contributed by atoms with Crippen LogP contribution in [0.4, 0.5) is 38.0 Å². The number of anilines is 2. The molecule has 1 amide bonds. The number of ether oxygens (including phenoxy) is 2. The Morgan fingerprint density at radius 3 is 1.57 bits per heavy atom. The van der Waals surface area contributed by atoms with E-state index in [4.69, 9.17) is 9.47 Å². The summed E-state index contributed by atoms with van der Waals surface area (Å²) >= 11 is 0. The van der Waals surface area contributed by atoms with Crippen LogP contribution in [0.15, 0.2) is 83.2 Å². The van der Waals surface area contributed by atoms with Crippen LogP contribution >= 0.6 is 0 Å². The lowest BCUT2D eigenvalue weighted by Gasteiger charge is -2.40. The molecule has 12 rings (SSSR count). The van der Waals surface area contributed by atoms with Gasteiger partial charge in [-0.3, -0.25) is 23.9 Å². The lowest BCUT2D eigenvalue weighted by molar-refractivity contribution is -0.126. The number of aromatic nitrogens is 6. The van der Waals surface area contributed by atoms with Crippen molar-refractivity contribution in [2.24, 2.45) is 0 Å². The number of phenols is 2. The molecule has 2 N–H and O–H groups in total. The Morgan fingerprint density at radius 2 is 1.11 bits per heavy atom. The molecule has 0 bridgehead atoms. The topological polar surface area (TPSA) is 181 Å². The zero-order valence-electron chi connectivity index (χ0n) is 45.5. The summed E-state index contributed by atoms with van der Waals surface area (Å²) in [4.78, 5) is 63.5. The average molecular weight is 1130 g/mol. The van der Waals surface area contributed by atoms with Crippen LogP contribution in [0.5, 0.6) is 23.0 Å². The first-order valence-electron chi connectivity index (χ1n) is 26.8. The second kappa shape index (κ2) is 21.2. The highest BCUT2D eigenvalue weighted by atomic mass is 19.2. The molecule has 2 saturated heterocycles. The van der Waals surface area contributed by atoms with Gasteiger partial charge in [0.05, 0.1) is 67.8 Å². The molecule has 2 atom stereocenters. The molecule has 8 heterocycles. The molecule has 0 unspecified atom stereocenters. The monoisotopic (exact) mass is 1130 g/mol. The van der Waals surface area contributed by atoms with Gasteiger partial charge in [0.25, 0.3) is 0 Å². The molecule has 4 aliphatic heterocycles. The minimum absolute atomic E-state index is 0.0796. The van der Waals surface area contributed by atoms with Gasteiger partial charge in [-0.15, -0.1) is 0 Å². The molecule has 0 aliphatic carbocycles. The number of piperazine rings is 1. The number of phenolic OH excluding ortho intramolecular Hbond substituents is 2. The van der Waals surface area contributed by atoms with Gasteiger partial charge in [-0.25, -0.2) is 35.9 Å². The normalized spacial score (nSPS) is 16.5. The third kappa shape index (κ3) is 8.98. The summed E-state index contributed by atoms with van der Waals surface area (Å²) < 4.78 is 106. The number of halogens is 6. The maximum absolute atomic E-state index is 16.5. The van der Waals surface area contributed by atoms with Crippen LogP contribution in [-0.2, 0) is 4.79 Å². The van der Waals surface area contributed by atoms with E-state index in [1.165, 1.54) is 27.3 Å². The van der Waals surface area contributed by atoms with Crippen molar-refractivity contribution in [1.29, 1.82) is 0 Å². The van der Waals surface area contributed by atoms with Crippen molar-refractivity contribution >= 4 is 39.3 Å². The first-order valence-corrected chi connectivity index (χ1v) is 26.8. The van der Waals surface area contributed by atoms with E-state index in [9.17, 15) is 33.4 Å². The van der Waals surface area contributed by atoms with Crippen LogP contribution < -0.4 is 30.7 Å². The molecule has 2 fully saturated rings. The van der Waals surface area contributed by atoms with Gasteiger partial charge in [-0.2, -0.15) is 9.97 Å². The van der Waals surface area contributed by atoms with Crippen molar-refractivity contribution in [1.82, 2.24) is 34.0 Å². The Morgan fingerprint density at radius 1 is 0.646 bits per heavy atom. The second-order valence-electron chi connectivity index (χ2n) is 21.4. The fourth-order valence-corrected chi connectivity index (χ4v) is 11.7. The standard InChI is InChI=1S/C31H28F3N5O4.C29H27F3N4O3/c1-5-22(41)37-10-11-38-17(13-37)14-43-29-24-20(12-18(25(29)33)23-21(40)7-6-19(32)26(23)34)39(31(42)36-30(24)38)28-16(4)8-9-35-27(28)15(2)3;1-14(2)25-26(15(3)9-10-33-25)36-19-12-17(21-20(37)8-7-18(30)24(21)32)23(31)27-22(19)28(34-29(36)38)35-11-5-4-6-16(35)13-39-27/h5-9,12,15,17,40H,1,10-11,13-14H2,2-4H3;7-10,12,14,16,37H,4-6,11,13H2,1-3H3/t17-;16-/m11/s1. The Balaban J connectivity index is 0.000000173. The highest BCUT2D eigenvalue weighted by molar-refractivity contribution is 6.02. The van der Waals surface area contributed by atoms with Crippen molar-refractivity contribution in [2.75, 3.05) is 49.2 Å². The van der Waals surface area contributed by atoms with Gasteiger partial charge in [-0.05, 0) is 111 Å². The minimum Gasteiger partial charge on any atom is -0.507 e. The molecule has 0 saturated carbocycles. The van der Waals surface area contributed by atoms with E-state index < -0.39 is 86.1 Å². The summed E-state index contributed by atoms with van der Waals surface area (Å²) in [5.74, 6) is -9.39. The Hall–Kier alpha value is -8.95. The zero-order valence-corrected chi connectivity index (χ0v) is 45.5. The number of aryl methyl sites for hydroxylation is 2. The van der Waals surface area contributed by atoms with Gasteiger partial charge in [0.2, 0.25) is 5.91 Å². The molecule has 0 radical (unpaired) electrons. The first-order chi connectivity index (χ1) is 39.2. The van der Waals surface area contributed by atoms with Gasteiger partial charge < -0.3 is 34.4 Å². The van der Waals surface area contributed by atoms with Gasteiger partial charge in [0, 0.05) is 49.7 Å².